The molecule has 0 radical (unpaired) electrons. The number of rotatable bonds is 3. The Morgan fingerprint density at radius 2 is 1.88 bits per heavy atom. The molecule has 6 nitrogen and oxygen atoms in total. The standard InChI is InChI=1S/C19H17N5O/c20-19-21-10-13(11-22-19)15-6-3-7-17(23-15)18(25)24-16-9-8-12-4-1-2-5-14(12)16/h1-7,10-11,16H,8-9H2,(H,24,25)(H2,20,21,22). The van der Waals surface area contributed by atoms with Gasteiger partial charge in [0.05, 0.1) is 11.7 Å². The normalized spacial score (nSPS) is 15.6. The number of nitrogens with two attached hydrogens (primary N) is 1. The second-order valence-electron chi connectivity index (χ2n) is 6.00. The van der Waals surface area contributed by atoms with Gasteiger partial charge in [0, 0.05) is 18.0 Å². The van der Waals surface area contributed by atoms with E-state index in [9.17, 15) is 4.79 Å². The third-order valence-electron chi connectivity index (χ3n) is 4.39. The van der Waals surface area contributed by atoms with Gasteiger partial charge >= 0.3 is 0 Å². The molecule has 124 valence electrons. The van der Waals surface area contributed by atoms with E-state index in [4.69, 9.17) is 5.73 Å². The van der Waals surface area contributed by atoms with E-state index in [2.05, 4.69) is 32.4 Å². The quantitative estimate of drug-likeness (QED) is 0.769. The zero-order valence-corrected chi connectivity index (χ0v) is 13.5. The number of nitrogen functional groups attached to an aromatic ring is 1. The highest BCUT2D eigenvalue weighted by atomic mass is 16.1. The van der Waals surface area contributed by atoms with E-state index in [1.807, 2.05) is 18.2 Å². The van der Waals surface area contributed by atoms with E-state index >= 15 is 0 Å². The van der Waals surface area contributed by atoms with Crippen molar-refractivity contribution >= 4 is 11.9 Å². The molecule has 1 aliphatic carbocycles. The predicted octanol–water partition coefficient (Wildman–Crippen LogP) is 2.54. The molecule has 0 bridgehead atoms. The first kappa shape index (κ1) is 15.3. The molecular formula is C19H17N5O. The number of nitrogens with one attached hydrogen (secondary N) is 1. The minimum atomic E-state index is -0.181. The molecule has 1 aromatic carbocycles. The van der Waals surface area contributed by atoms with Gasteiger partial charge in [-0.05, 0) is 36.1 Å². The number of fused-ring (bicyclic) bond motifs is 1. The van der Waals surface area contributed by atoms with E-state index in [1.165, 1.54) is 11.1 Å². The molecule has 0 fully saturated rings. The van der Waals surface area contributed by atoms with Crippen molar-refractivity contribution in [2.75, 3.05) is 5.73 Å². The molecule has 25 heavy (non-hydrogen) atoms. The molecular weight excluding hydrogens is 314 g/mol. The van der Waals surface area contributed by atoms with Gasteiger partial charge in [-0.1, -0.05) is 30.3 Å². The van der Waals surface area contributed by atoms with Gasteiger partial charge in [-0.15, -0.1) is 0 Å². The van der Waals surface area contributed by atoms with Crippen LogP contribution in [0.3, 0.4) is 0 Å². The van der Waals surface area contributed by atoms with Crippen LogP contribution in [0.1, 0.15) is 34.1 Å². The first-order valence-corrected chi connectivity index (χ1v) is 8.14. The molecule has 3 aromatic rings. The van der Waals surface area contributed by atoms with Crippen LogP contribution in [0.15, 0.2) is 54.9 Å². The molecule has 2 heterocycles. The Kier molecular flexibility index (Phi) is 3.85. The summed E-state index contributed by atoms with van der Waals surface area (Å²) in [4.78, 5) is 25.0. The Labute approximate surface area is 145 Å². The Balaban J connectivity index is 1.55. The fraction of sp³-hybridized carbons (Fsp3) is 0.158. The van der Waals surface area contributed by atoms with Gasteiger partial charge in [0.25, 0.3) is 5.91 Å². The molecule has 0 aliphatic heterocycles. The summed E-state index contributed by atoms with van der Waals surface area (Å²) in [6.45, 7) is 0. The molecule has 1 unspecified atom stereocenters. The Morgan fingerprint density at radius 3 is 2.72 bits per heavy atom. The zero-order valence-electron chi connectivity index (χ0n) is 13.5. The average Bonchev–Trinajstić information content (AvgIpc) is 3.05. The lowest BCUT2D eigenvalue weighted by molar-refractivity contribution is 0.0932. The average molecular weight is 331 g/mol. The summed E-state index contributed by atoms with van der Waals surface area (Å²) >= 11 is 0. The number of carbonyl (C=O) groups excluding carboxylic acids is 1. The fourth-order valence-corrected chi connectivity index (χ4v) is 3.13. The first-order chi connectivity index (χ1) is 12.2. The molecule has 2 aromatic heterocycles. The first-order valence-electron chi connectivity index (χ1n) is 8.14. The van der Waals surface area contributed by atoms with Gasteiger partial charge in [-0.2, -0.15) is 0 Å². The lowest BCUT2D eigenvalue weighted by Gasteiger charge is -2.14. The van der Waals surface area contributed by atoms with E-state index in [0.717, 1.165) is 18.4 Å². The van der Waals surface area contributed by atoms with Crippen molar-refractivity contribution in [2.24, 2.45) is 0 Å². The van der Waals surface area contributed by atoms with E-state index in [0.29, 0.717) is 11.4 Å². The van der Waals surface area contributed by atoms with Crippen LogP contribution in [-0.2, 0) is 6.42 Å². The second-order valence-corrected chi connectivity index (χ2v) is 6.00. The fourth-order valence-electron chi connectivity index (χ4n) is 3.13. The summed E-state index contributed by atoms with van der Waals surface area (Å²) in [5.41, 5.74) is 9.73. The number of amides is 1. The maximum Gasteiger partial charge on any atom is 0.270 e. The molecule has 1 amide bonds. The zero-order chi connectivity index (χ0) is 17.2. The molecule has 0 spiro atoms. The van der Waals surface area contributed by atoms with Gasteiger partial charge in [0.15, 0.2) is 0 Å². The van der Waals surface area contributed by atoms with Gasteiger partial charge in [-0.3, -0.25) is 4.79 Å². The summed E-state index contributed by atoms with van der Waals surface area (Å²) in [6.07, 6.45) is 5.09. The van der Waals surface area contributed by atoms with Crippen LogP contribution >= 0.6 is 0 Å². The summed E-state index contributed by atoms with van der Waals surface area (Å²) in [5.74, 6) is 0.0254. The number of carbonyl (C=O) groups is 1. The smallest absolute Gasteiger partial charge is 0.270 e. The van der Waals surface area contributed by atoms with E-state index < -0.39 is 0 Å². The van der Waals surface area contributed by atoms with Crippen LogP contribution < -0.4 is 11.1 Å². The summed E-state index contributed by atoms with van der Waals surface area (Å²) < 4.78 is 0. The number of pyridine rings is 1. The molecule has 1 atom stereocenters. The Morgan fingerprint density at radius 1 is 1.08 bits per heavy atom. The second kappa shape index (κ2) is 6.32. The summed E-state index contributed by atoms with van der Waals surface area (Å²) in [6, 6.07) is 13.6. The number of benzene rings is 1. The van der Waals surface area contributed by atoms with Gasteiger partial charge < -0.3 is 11.1 Å². The third-order valence-corrected chi connectivity index (χ3v) is 4.39. The lowest BCUT2D eigenvalue weighted by atomic mass is 10.1. The van der Waals surface area contributed by atoms with Crippen LogP contribution in [-0.4, -0.2) is 20.9 Å². The number of anilines is 1. The number of aromatic nitrogens is 3. The summed E-state index contributed by atoms with van der Waals surface area (Å²) in [5, 5.41) is 3.09. The van der Waals surface area contributed by atoms with Crippen LogP contribution in [0.25, 0.3) is 11.3 Å². The van der Waals surface area contributed by atoms with Crippen molar-refractivity contribution in [3.8, 4) is 11.3 Å². The van der Waals surface area contributed by atoms with Crippen molar-refractivity contribution in [1.82, 2.24) is 20.3 Å². The molecule has 0 saturated carbocycles. The highest BCUT2D eigenvalue weighted by Crippen LogP contribution is 2.30. The maximum absolute atomic E-state index is 12.6. The van der Waals surface area contributed by atoms with Crippen molar-refractivity contribution < 1.29 is 4.79 Å². The molecule has 6 heteroatoms. The number of hydrogen-bond acceptors (Lipinski definition) is 5. The summed E-state index contributed by atoms with van der Waals surface area (Å²) in [7, 11) is 0. The van der Waals surface area contributed by atoms with Gasteiger partial charge in [0.1, 0.15) is 5.69 Å². The van der Waals surface area contributed by atoms with Crippen LogP contribution in [0.4, 0.5) is 5.95 Å². The van der Waals surface area contributed by atoms with Crippen molar-refractivity contribution in [2.45, 2.75) is 18.9 Å². The minimum Gasteiger partial charge on any atom is -0.368 e. The third kappa shape index (κ3) is 3.06. The van der Waals surface area contributed by atoms with Gasteiger partial charge in [0.2, 0.25) is 5.95 Å². The van der Waals surface area contributed by atoms with E-state index in [1.54, 1.807) is 24.5 Å². The van der Waals surface area contributed by atoms with Crippen molar-refractivity contribution in [3.05, 3.63) is 71.7 Å². The van der Waals surface area contributed by atoms with Crippen molar-refractivity contribution in [3.63, 3.8) is 0 Å². The van der Waals surface area contributed by atoms with Crippen LogP contribution in [0.2, 0.25) is 0 Å². The minimum absolute atomic E-state index is 0.0361. The lowest BCUT2D eigenvalue weighted by Crippen LogP contribution is -2.27. The monoisotopic (exact) mass is 331 g/mol. The van der Waals surface area contributed by atoms with E-state index in [-0.39, 0.29) is 17.9 Å². The molecule has 0 saturated heterocycles. The number of nitrogens with zero attached hydrogens (tertiary/aromatic N) is 3. The highest BCUT2D eigenvalue weighted by molar-refractivity contribution is 5.93. The van der Waals surface area contributed by atoms with Crippen LogP contribution in [0.5, 0.6) is 0 Å². The topological polar surface area (TPSA) is 93.8 Å². The highest BCUT2D eigenvalue weighted by Gasteiger charge is 2.24. The maximum atomic E-state index is 12.6. The predicted molar refractivity (Wildman–Crippen MR) is 94.6 cm³/mol. The van der Waals surface area contributed by atoms with Crippen LogP contribution in [0, 0.1) is 0 Å². The largest absolute Gasteiger partial charge is 0.368 e. The van der Waals surface area contributed by atoms with Gasteiger partial charge in [-0.25, -0.2) is 15.0 Å². The SMILES string of the molecule is Nc1ncc(-c2cccc(C(=O)NC3CCc4ccccc43)n2)cn1. The number of aryl methyl sites for hydroxylation is 1. The van der Waals surface area contributed by atoms with Crippen molar-refractivity contribution in [1.29, 1.82) is 0 Å². The Bertz CT molecular complexity index is 923. The molecule has 4 rings (SSSR count). The number of hydrogen-bond donors (Lipinski definition) is 2. The Hall–Kier alpha value is -3.28. The molecule has 3 N–H and O–H groups in total. The molecule has 1 aliphatic rings.